The summed E-state index contributed by atoms with van der Waals surface area (Å²) in [6.07, 6.45) is 2.02. The van der Waals surface area contributed by atoms with Gasteiger partial charge in [0.1, 0.15) is 5.82 Å². The summed E-state index contributed by atoms with van der Waals surface area (Å²) in [6.45, 7) is 2.91. The molecule has 19 heavy (non-hydrogen) atoms. The number of benzene rings is 1. The van der Waals surface area contributed by atoms with Crippen LogP contribution in [0.15, 0.2) is 36.4 Å². The second-order valence-electron chi connectivity index (χ2n) is 4.88. The number of nitrogens with two attached hydrogens (primary N) is 1. The van der Waals surface area contributed by atoms with E-state index in [9.17, 15) is 0 Å². The average Bonchev–Trinajstić information content (AvgIpc) is 2.74. The topological polar surface area (TPSA) is 55.9 Å². The minimum atomic E-state index is 0.122. The van der Waals surface area contributed by atoms with E-state index < -0.39 is 0 Å². The molecular weight excluding hydrogens is 236 g/mol. The predicted molar refractivity (Wildman–Crippen MR) is 79.0 cm³/mol. The number of nitrogens with one attached hydrogen (secondary N) is 1. The molecule has 4 nitrogen and oxygen atoms in total. The van der Waals surface area contributed by atoms with E-state index in [-0.39, 0.29) is 6.04 Å². The number of rotatable bonds is 6. The molecule has 0 aliphatic carbocycles. The van der Waals surface area contributed by atoms with Crippen molar-refractivity contribution >= 4 is 5.82 Å². The van der Waals surface area contributed by atoms with Crippen LogP contribution in [0.5, 0.6) is 0 Å². The number of hydrogen-bond donors (Lipinski definition) is 2. The Morgan fingerprint density at radius 3 is 2.68 bits per heavy atom. The van der Waals surface area contributed by atoms with Crippen LogP contribution in [-0.4, -0.2) is 16.3 Å². The molecule has 3 N–H and O–H groups in total. The maximum absolute atomic E-state index is 6.16. The zero-order valence-electron chi connectivity index (χ0n) is 11.6. The lowest BCUT2D eigenvalue weighted by molar-refractivity contribution is 0.623. The van der Waals surface area contributed by atoms with Crippen LogP contribution >= 0.6 is 0 Å². The highest BCUT2D eigenvalue weighted by Gasteiger charge is 2.05. The highest BCUT2D eigenvalue weighted by atomic mass is 15.3. The average molecular weight is 258 g/mol. The third kappa shape index (κ3) is 3.83. The van der Waals surface area contributed by atoms with E-state index in [0.29, 0.717) is 0 Å². The smallest absolute Gasteiger partial charge is 0.124 e. The Hall–Kier alpha value is -1.81. The molecule has 1 aromatic heterocycles. The number of nitrogens with zero attached hydrogens (tertiary/aromatic N) is 2. The van der Waals surface area contributed by atoms with Gasteiger partial charge in [0.05, 0.1) is 5.69 Å². The molecule has 1 atom stereocenters. The van der Waals surface area contributed by atoms with Gasteiger partial charge in [0.25, 0.3) is 0 Å². The van der Waals surface area contributed by atoms with Crippen LogP contribution in [0.3, 0.4) is 0 Å². The maximum Gasteiger partial charge on any atom is 0.124 e. The van der Waals surface area contributed by atoms with Gasteiger partial charge in [-0.05, 0) is 25.3 Å². The van der Waals surface area contributed by atoms with Gasteiger partial charge in [0.2, 0.25) is 0 Å². The number of anilines is 1. The molecule has 1 aromatic carbocycles. The normalized spacial score (nSPS) is 12.4. The standard InChI is InChI=1S/C15H22N4/c1-12-11-15(19(2)18-12)17-10-6-9-14(16)13-7-4-3-5-8-13/h3-5,7-8,11,14,17H,6,9-10,16H2,1-2H3. The van der Waals surface area contributed by atoms with Crippen molar-refractivity contribution in [1.29, 1.82) is 0 Å². The van der Waals surface area contributed by atoms with E-state index in [1.54, 1.807) is 0 Å². The Kier molecular flexibility index (Phi) is 4.58. The van der Waals surface area contributed by atoms with Crippen LogP contribution in [0.4, 0.5) is 5.82 Å². The van der Waals surface area contributed by atoms with Gasteiger partial charge in [-0.3, -0.25) is 4.68 Å². The van der Waals surface area contributed by atoms with Crippen molar-refractivity contribution in [2.75, 3.05) is 11.9 Å². The Bertz CT molecular complexity index is 504. The first-order valence-corrected chi connectivity index (χ1v) is 6.72. The minimum Gasteiger partial charge on any atom is -0.370 e. The second kappa shape index (κ2) is 6.38. The third-order valence-electron chi connectivity index (χ3n) is 3.23. The third-order valence-corrected chi connectivity index (χ3v) is 3.23. The number of hydrogen-bond acceptors (Lipinski definition) is 3. The summed E-state index contributed by atoms with van der Waals surface area (Å²) in [7, 11) is 1.95. The molecule has 0 saturated heterocycles. The lowest BCUT2D eigenvalue weighted by atomic mass is 10.0. The van der Waals surface area contributed by atoms with Crippen LogP contribution in [-0.2, 0) is 7.05 Å². The van der Waals surface area contributed by atoms with Gasteiger partial charge in [-0.25, -0.2) is 0 Å². The van der Waals surface area contributed by atoms with Gasteiger partial charge in [-0.1, -0.05) is 30.3 Å². The van der Waals surface area contributed by atoms with Crippen molar-refractivity contribution in [2.24, 2.45) is 12.8 Å². The summed E-state index contributed by atoms with van der Waals surface area (Å²) in [5, 5.41) is 7.69. The van der Waals surface area contributed by atoms with Crippen molar-refractivity contribution in [2.45, 2.75) is 25.8 Å². The molecular formula is C15H22N4. The molecule has 0 radical (unpaired) electrons. The predicted octanol–water partition coefficient (Wildman–Crippen LogP) is 2.62. The van der Waals surface area contributed by atoms with Crippen molar-refractivity contribution in [3.8, 4) is 0 Å². The SMILES string of the molecule is Cc1cc(NCCCC(N)c2ccccc2)n(C)n1. The van der Waals surface area contributed by atoms with E-state index in [2.05, 4.69) is 28.6 Å². The van der Waals surface area contributed by atoms with Crippen LogP contribution in [0.2, 0.25) is 0 Å². The van der Waals surface area contributed by atoms with Gasteiger partial charge in [-0.15, -0.1) is 0 Å². The zero-order valence-corrected chi connectivity index (χ0v) is 11.6. The molecule has 2 rings (SSSR count). The van der Waals surface area contributed by atoms with E-state index in [4.69, 9.17) is 5.73 Å². The molecule has 1 heterocycles. The molecule has 0 aliphatic heterocycles. The van der Waals surface area contributed by atoms with Gasteiger partial charge < -0.3 is 11.1 Å². The number of aromatic nitrogens is 2. The summed E-state index contributed by atoms with van der Waals surface area (Å²) in [5.41, 5.74) is 8.40. The highest BCUT2D eigenvalue weighted by molar-refractivity contribution is 5.36. The Labute approximate surface area is 114 Å². The first kappa shape index (κ1) is 13.6. The van der Waals surface area contributed by atoms with Crippen LogP contribution in [0.25, 0.3) is 0 Å². The van der Waals surface area contributed by atoms with E-state index in [1.807, 2.05) is 36.9 Å². The van der Waals surface area contributed by atoms with Crippen LogP contribution in [0.1, 0.15) is 30.1 Å². The van der Waals surface area contributed by atoms with Gasteiger partial charge in [0, 0.05) is 25.7 Å². The number of aryl methyl sites for hydroxylation is 2. The fourth-order valence-electron chi connectivity index (χ4n) is 2.18. The Morgan fingerprint density at radius 2 is 2.05 bits per heavy atom. The summed E-state index contributed by atoms with van der Waals surface area (Å²) >= 11 is 0. The fourth-order valence-corrected chi connectivity index (χ4v) is 2.18. The molecule has 0 fully saturated rings. The minimum absolute atomic E-state index is 0.122. The molecule has 0 spiro atoms. The van der Waals surface area contributed by atoms with Crippen molar-refractivity contribution < 1.29 is 0 Å². The summed E-state index contributed by atoms with van der Waals surface area (Å²) < 4.78 is 1.87. The summed E-state index contributed by atoms with van der Waals surface area (Å²) in [5.74, 6) is 1.06. The monoisotopic (exact) mass is 258 g/mol. The highest BCUT2D eigenvalue weighted by Crippen LogP contribution is 2.15. The first-order valence-electron chi connectivity index (χ1n) is 6.72. The molecule has 0 aliphatic rings. The molecule has 4 heteroatoms. The molecule has 1 unspecified atom stereocenters. The fraction of sp³-hybridized carbons (Fsp3) is 0.400. The van der Waals surface area contributed by atoms with Gasteiger partial charge >= 0.3 is 0 Å². The van der Waals surface area contributed by atoms with Crippen molar-refractivity contribution in [1.82, 2.24) is 9.78 Å². The quantitative estimate of drug-likeness (QED) is 0.783. The van der Waals surface area contributed by atoms with E-state index in [1.165, 1.54) is 5.56 Å². The van der Waals surface area contributed by atoms with Crippen LogP contribution < -0.4 is 11.1 Å². The van der Waals surface area contributed by atoms with E-state index >= 15 is 0 Å². The molecule has 0 saturated carbocycles. The first-order chi connectivity index (χ1) is 9.16. The molecule has 0 bridgehead atoms. The van der Waals surface area contributed by atoms with Gasteiger partial charge in [-0.2, -0.15) is 5.10 Å². The zero-order chi connectivity index (χ0) is 13.7. The summed E-state index contributed by atoms with van der Waals surface area (Å²) in [6, 6.07) is 12.4. The lowest BCUT2D eigenvalue weighted by Crippen LogP contribution is -2.13. The lowest BCUT2D eigenvalue weighted by Gasteiger charge is -2.12. The molecule has 2 aromatic rings. The van der Waals surface area contributed by atoms with E-state index in [0.717, 1.165) is 30.9 Å². The van der Waals surface area contributed by atoms with Crippen molar-refractivity contribution in [3.05, 3.63) is 47.7 Å². The second-order valence-corrected chi connectivity index (χ2v) is 4.88. The van der Waals surface area contributed by atoms with Gasteiger partial charge in [0.15, 0.2) is 0 Å². The largest absolute Gasteiger partial charge is 0.370 e. The molecule has 0 amide bonds. The summed E-state index contributed by atoms with van der Waals surface area (Å²) in [4.78, 5) is 0. The van der Waals surface area contributed by atoms with Crippen LogP contribution in [0, 0.1) is 6.92 Å². The van der Waals surface area contributed by atoms with Crippen molar-refractivity contribution in [3.63, 3.8) is 0 Å². The Balaban J connectivity index is 1.74. The Morgan fingerprint density at radius 1 is 1.32 bits per heavy atom. The maximum atomic E-state index is 6.16. The molecule has 102 valence electrons.